The number of anilines is 1. The van der Waals surface area contributed by atoms with Crippen LogP contribution in [0.4, 0.5) is 5.95 Å². The van der Waals surface area contributed by atoms with E-state index in [1.54, 1.807) is 30.1 Å². The van der Waals surface area contributed by atoms with E-state index in [0.717, 1.165) is 18.5 Å². The second kappa shape index (κ2) is 5.62. The molecule has 1 aliphatic carbocycles. The molecular weight excluding hydrogens is 292 g/mol. The van der Waals surface area contributed by atoms with Gasteiger partial charge in [0.05, 0.1) is 24.4 Å². The van der Waals surface area contributed by atoms with Gasteiger partial charge in [-0.05, 0) is 18.6 Å². The van der Waals surface area contributed by atoms with Gasteiger partial charge in [0.1, 0.15) is 0 Å². The van der Waals surface area contributed by atoms with E-state index in [9.17, 15) is 4.79 Å². The van der Waals surface area contributed by atoms with Crippen LogP contribution in [0.3, 0.4) is 0 Å². The molecule has 0 radical (unpaired) electrons. The topological polar surface area (TPSA) is 60.2 Å². The predicted octanol–water partition coefficient (Wildman–Crippen LogP) is 1.38. The highest BCUT2D eigenvalue weighted by molar-refractivity contribution is 5.59. The third-order valence-electron chi connectivity index (χ3n) is 4.47. The first-order valence-electron chi connectivity index (χ1n) is 7.77. The Bertz CT molecular complexity index is 800. The van der Waals surface area contributed by atoms with Gasteiger partial charge in [-0.3, -0.25) is 14.3 Å². The van der Waals surface area contributed by atoms with Crippen molar-refractivity contribution >= 4 is 5.95 Å². The summed E-state index contributed by atoms with van der Waals surface area (Å²) in [5, 5.41) is 0. The molecule has 2 aromatic heterocycles. The lowest BCUT2D eigenvalue weighted by Gasteiger charge is -2.38. The van der Waals surface area contributed by atoms with E-state index in [0.29, 0.717) is 18.2 Å². The first-order chi connectivity index (χ1) is 11.2. The average Bonchev–Trinajstić information content (AvgIpc) is 3.07. The fourth-order valence-corrected chi connectivity index (χ4v) is 3.24. The molecule has 0 amide bonds. The summed E-state index contributed by atoms with van der Waals surface area (Å²) in [7, 11) is 1.77. The molecule has 0 spiro atoms. The molecule has 0 aromatic carbocycles. The second-order valence-electron chi connectivity index (χ2n) is 5.83. The number of ether oxygens (including phenoxy) is 1. The highest BCUT2D eigenvalue weighted by Crippen LogP contribution is 2.28. The predicted molar refractivity (Wildman–Crippen MR) is 87.3 cm³/mol. The van der Waals surface area contributed by atoms with Crippen molar-refractivity contribution in [1.29, 1.82) is 0 Å². The zero-order chi connectivity index (χ0) is 15.8. The van der Waals surface area contributed by atoms with Gasteiger partial charge in [0.2, 0.25) is 5.95 Å². The Hall–Kier alpha value is -2.47. The van der Waals surface area contributed by atoms with Crippen molar-refractivity contribution in [1.82, 2.24) is 14.5 Å². The molecule has 4 rings (SSSR count). The van der Waals surface area contributed by atoms with Crippen molar-refractivity contribution in [3.05, 3.63) is 53.1 Å². The van der Waals surface area contributed by atoms with Gasteiger partial charge in [-0.1, -0.05) is 12.2 Å². The van der Waals surface area contributed by atoms with E-state index >= 15 is 0 Å². The van der Waals surface area contributed by atoms with E-state index < -0.39 is 0 Å². The van der Waals surface area contributed by atoms with Crippen LogP contribution in [0.2, 0.25) is 0 Å². The fraction of sp³-hybridized carbons (Fsp3) is 0.353. The molecular formula is C17H18N4O2. The molecule has 0 unspecified atom stereocenters. The number of hydrogen-bond donors (Lipinski definition) is 0. The molecule has 118 valence electrons. The van der Waals surface area contributed by atoms with Crippen molar-refractivity contribution in [2.24, 2.45) is 7.05 Å². The Morgan fingerprint density at radius 3 is 2.96 bits per heavy atom. The highest BCUT2D eigenvalue weighted by Gasteiger charge is 2.35. The molecule has 3 heterocycles. The summed E-state index contributed by atoms with van der Waals surface area (Å²) in [4.78, 5) is 23.4. The van der Waals surface area contributed by atoms with Crippen LogP contribution in [-0.4, -0.2) is 39.8 Å². The van der Waals surface area contributed by atoms with Crippen molar-refractivity contribution in [2.45, 2.75) is 18.6 Å². The quantitative estimate of drug-likeness (QED) is 0.784. The lowest BCUT2D eigenvalue weighted by Crippen LogP contribution is -2.50. The van der Waals surface area contributed by atoms with Crippen LogP contribution in [0.1, 0.15) is 6.42 Å². The maximum atomic E-state index is 12.4. The highest BCUT2D eigenvalue weighted by atomic mass is 16.5. The van der Waals surface area contributed by atoms with Crippen molar-refractivity contribution in [3.63, 3.8) is 0 Å². The summed E-state index contributed by atoms with van der Waals surface area (Å²) in [6.45, 7) is 1.38. The maximum Gasteiger partial charge on any atom is 0.255 e. The number of pyridine rings is 1. The Labute approximate surface area is 134 Å². The normalized spacial score (nSPS) is 23.1. The number of morpholine rings is 1. The zero-order valence-corrected chi connectivity index (χ0v) is 12.9. The van der Waals surface area contributed by atoms with Gasteiger partial charge in [-0.2, -0.15) is 0 Å². The van der Waals surface area contributed by atoms with E-state index in [2.05, 4.69) is 22.0 Å². The molecule has 1 aliphatic heterocycles. The zero-order valence-electron chi connectivity index (χ0n) is 12.9. The van der Waals surface area contributed by atoms with Crippen molar-refractivity contribution < 1.29 is 4.74 Å². The monoisotopic (exact) mass is 310 g/mol. The summed E-state index contributed by atoms with van der Waals surface area (Å²) in [6, 6.07) is 5.52. The standard InChI is InChI=1S/C17H18N4O2/c1-20-16(22)11-13(12-5-7-18-8-6-12)19-17(20)21-9-10-23-15-4-2-3-14(15)21/h2,4-8,11,14-15H,3,9-10H2,1H3/t14-,15-/m1/s1. The number of rotatable bonds is 2. The van der Waals surface area contributed by atoms with E-state index in [1.165, 1.54) is 0 Å². The molecule has 0 saturated carbocycles. The SMILES string of the molecule is Cn1c(N2CCO[C@@H]3C=CC[C@H]32)nc(-c2ccncc2)cc1=O. The molecule has 6 nitrogen and oxygen atoms in total. The van der Waals surface area contributed by atoms with Gasteiger partial charge < -0.3 is 9.64 Å². The van der Waals surface area contributed by atoms with Gasteiger partial charge in [0.15, 0.2) is 0 Å². The van der Waals surface area contributed by atoms with Crippen LogP contribution in [0.25, 0.3) is 11.3 Å². The Kier molecular flexibility index (Phi) is 3.46. The summed E-state index contributed by atoms with van der Waals surface area (Å²) >= 11 is 0. The first-order valence-corrected chi connectivity index (χ1v) is 7.77. The minimum atomic E-state index is -0.0594. The molecule has 0 bridgehead atoms. The molecule has 2 atom stereocenters. The number of fused-ring (bicyclic) bond motifs is 1. The van der Waals surface area contributed by atoms with Gasteiger partial charge in [0, 0.05) is 37.6 Å². The van der Waals surface area contributed by atoms with Crippen LogP contribution >= 0.6 is 0 Å². The van der Waals surface area contributed by atoms with Gasteiger partial charge in [-0.15, -0.1) is 0 Å². The minimum Gasteiger partial charge on any atom is -0.370 e. The number of aromatic nitrogens is 3. The van der Waals surface area contributed by atoms with Crippen LogP contribution in [0.15, 0.2) is 47.5 Å². The molecule has 0 N–H and O–H groups in total. The minimum absolute atomic E-state index is 0.0594. The van der Waals surface area contributed by atoms with E-state index in [1.807, 2.05) is 12.1 Å². The Morgan fingerprint density at radius 2 is 2.13 bits per heavy atom. The van der Waals surface area contributed by atoms with Crippen LogP contribution < -0.4 is 10.5 Å². The van der Waals surface area contributed by atoms with Crippen LogP contribution in [-0.2, 0) is 11.8 Å². The van der Waals surface area contributed by atoms with Crippen LogP contribution in [0.5, 0.6) is 0 Å². The third-order valence-corrected chi connectivity index (χ3v) is 4.47. The summed E-state index contributed by atoms with van der Waals surface area (Å²) in [5.41, 5.74) is 1.52. The average molecular weight is 310 g/mol. The summed E-state index contributed by atoms with van der Waals surface area (Å²) < 4.78 is 7.40. The Morgan fingerprint density at radius 1 is 1.30 bits per heavy atom. The molecule has 1 saturated heterocycles. The van der Waals surface area contributed by atoms with Crippen molar-refractivity contribution in [3.8, 4) is 11.3 Å². The molecule has 2 aromatic rings. The third kappa shape index (κ3) is 2.45. The van der Waals surface area contributed by atoms with Gasteiger partial charge in [-0.25, -0.2) is 4.98 Å². The maximum absolute atomic E-state index is 12.4. The lowest BCUT2D eigenvalue weighted by atomic mass is 10.1. The second-order valence-corrected chi connectivity index (χ2v) is 5.83. The van der Waals surface area contributed by atoms with Crippen LogP contribution in [0, 0.1) is 0 Å². The van der Waals surface area contributed by atoms with E-state index in [-0.39, 0.29) is 17.7 Å². The van der Waals surface area contributed by atoms with Gasteiger partial charge in [0.25, 0.3) is 5.56 Å². The molecule has 23 heavy (non-hydrogen) atoms. The summed E-state index contributed by atoms with van der Waals surface area (Å²) in [5.74, 6) is 0.700. The lowest BCUT2D eigenvalue weighted by molar-refractivity contribution is 0.0482. The molecule has 6 heteroatoms. The largest absolute Gasteiger partial charge is 0.370 e. The number of nitrogens with zero attached hydrogens (tertiary/aromatic N) is 4. The smallest absolute Gasteiger partial charge is 0.255 e. The number of hydrogen-bond acceptors (Lipinski definition) is 5. The van der Waals surface area contributed by atoms with E-state index in [4.69, 9.17) is 9.72 Å². The molecule has 2 aliphatic rings. The van der Waals surface area contributed by atoms with Gasteiger partial charge >= 0.3 is 0 Å². The fourth-order valence-electron chi connectivity index (χ4n) is 3.24. The first kappa shape index (κ1) is 14.1. The Balaban J connectivity index is 1.79. The molecule has 1 fully saturated rings. The van der Waals surface area contributed by atoms with Crippen molar-refractivity contribution in [2.75, 3.05) is 18.1 Å². The summed E-state index contributed by atoms with van der Waals surface area (Å²) in [6.07, 6.45) is 8.66.